The van der Waals surface area contributed by atoms with Crippen LogP contribution in [0.5, 0.6) is 0 Å². The van der Waals surface area contributed by atoms with Crippen LogP contribution >= 0.6 is 11.8 Å². The lowest BCUT2D eigenvalue weighted by Crippen LogP contribution is -2.31. The van der Waals surface area contributed by atoms with Crippen LogP contribution in [0.25, 0.3) is 0 Å². The lowest BCUT2D eigenvalue weighted by Gasteiger charge is -2.14. The number of nitrogens with zero attached hydrogens (tertiary/aromatic N) is 1. The Morgan fingerprint density at radius 1 is 1.50 bits per heavy atom. The van der Waals surface area contributed by atoms with Crippen LogP contribution in [0.4, 0.5) is 0 Å². The summed E-state index contributed by atoms with van der Waals surface area (Å²) >= 11 is 1.63. The minimum absolute atomic E-state index is 0.00259. The van der Waals surface area contributed by atoms with Crippen molar-refractivity contribution in [2.45, 2.75) is 44.1 Å². The molecule has 4 heteroatoms. The van der Waals surface area contributed by atoms with Crippen LogP contribution in [0.15, 0.2) is 0 Å². The summed E-state index contributed by atoms with van der Waals surface area (Å²) in [7, 11) is 0. The van der Waals surface area contributed by atoms with Gasteiger partial charge in [0.15, 0.2) is 0 Å². The molecule has 2 amide bonds. The molecule has 2 unspecified atom stereocenters. The van der Waals surface area contributed by atoms with Gasteiger partial charge >= 0.3 is 0 Å². The molecule has 2 atom stereocenters. The highest BCUT2D eigenvalue weighted by Crippen LogP contribution is 2.29. The molecule has 0 aromatic rings. The molecule has 1 saturated heterocycles. The van der Waals surface area contributed by atoms with E-state index in [1.807, 2.05) is 6.92 Å². The first-order valence-corrected chi connectivity index (χ1v) is 6.04. The van der Waals surface area contributed by atoms with Crippen molar-refractivity contribution in [3.05, 3.63) is 0 Å². The SMILES string of the molecule is CCC(C)SC1CC(=O)N(CC)C1=O. The molecule has 0 aromatic carbocycles. The Labute approximate surface area is 89.2 Å². The number of carbonyl (C=O) groups is 2. The van der Waals surface area contributed by atoms with Gasteiger partial charge in [0.2, 0.25) is 11.8 Å². The highest BCUT2D eigenvalue weighted by Gasteiger charge is 2.38. The largest absolute Gasteiger partial charge is 0.282 e. The number of carbonyl (C=O) groups excluding carboxylic acids is 2. The van der Waals surface area contributed by atoms with E-state index < -0.39 is 0 Å². The highest BCUT2D eigenvalue weighted by molar-refractivity contribution is 8.01. The number of rotatable bonds is 4. The minimum atomic E-state index is -0.127. The van der Waals surface area contributed by atoms with E-state index >= 15 is 0 Å². The predicted molar refractivity (Wildman–Crippen MR) is 58.1 cm³/mol. The maximum absolute atomic E-state index is 11.7. The zero-order valence-electron chi connectivity index (χ0n) is 8.95. The summed E-state index contributed by atoms with van der Waals surface area (Å²) in [5.41, 5.74) is 0. The predicted octanol–water partition coefficient (Wildman–Crippen LogP) is 1.67. The van der Waals surface area contributed by atoms with Gasteiger partial charge in [0, 0.05) is 18.2 Å². The van der Waals surface area contributed by atoms with Crippen molar-refractivity contribution in [1.82, 2.24) is 4.90 Å². The molecule has 0 N–H and O–H groups in total. The van der Waals surface area contributed by atoms with Crippen LogP contribution in [0, 0.1) is 0 Å². The summed E-state index contributed by atoms with van der Waals surface area (Å²) in [5.74, 6) is -0.0129. The summed E-state index contributed by atoms with van der Waals surface area (Å²) < 4.78 is 0. The Bertz CT molecular complexity index is 242. The van der Waals surface area contributed by atoms with Gasteiger partial charge in [0.1, 0.15) is 0 Å². The van der Waals surface area contributed by atoms with E-state index in [9.17, 15) is 9.59 Å². The molecule has 0 radical (unpaired) electrons. The Hall–Kier alpha value is -0.510. The van der Waals surface area contributed by atoms with E-state index in [1.54, 1.807) is 11.8 Å². The van der Waals surface area contributed by atoms with Gasteiger partial charge in [-0.25, -0.2) is 0 Å². The molecule has 1 aliphatic heterocycles. The molecule has 1 heterocycles. The van der Waals surface area contributed by atoms with Crippen LogP contribution in [0.2, 0.25) is 0 Å². The molecule has 0 aromatic heterocycles. The van der Waals surface area contributed by atoms with Crippen LogP contribution in [-0.4, -0.2) is 33.8 Å². The maximum atomic E-state index is 11.7. The van der Waals surface area contributed by atoms with Crippen molar-refractivity contribution in [2.24, 2.45) is 0 Å². The van der Waals surface area contributed by atoms with Crippen molar-refractivity contribution in [1.29, 1.82) is 0 Å². The fourth-order valence-corrected chi connectivity index (χ4v) is 2.70. The summed E-state index contributed by atoms with van der Waals surface area (Å²) in [6.07, 6.45) is 1.43. The molecule has 1 fully saturated rings. The zero-order chi connectivity index (χ0) is 10.7. The fraction of sp³-hybridized carbons (Fsp3) is 0.800. The van der Waals surface area contributed by atoms with Crippen molar-refractivity contribution >= 4 is 23.6 Å². The second-order valence-electron chi connectivity index (χ2n) is 3.52. The van der Waals surface area contributed by atoms with E-state index in [-0.39, 0.29) is 17.1 Å². The van der Waals surface area contributed by atoms with Crippen LogP contribution in [0.3, 0.4) is 0 Å². The number of hydrogen-bond acceptors (Lipinski definition) is 3. The zero-order valence-corrected chi connectivity index (χ0v) is 9.76. The van der Waals surface area contributed by atoms with Crippen molar-refractivity contribution < 1.29 is 9.59 Å². The van der Waals surface area contributed by atoms with Gasteiger partial charge < -0.3 is 0 Å². The van der Waals surface area contributed by atoms with E-state index in [1.165, 1.54) is 4.90 Å². The molecule has 14 heavy (non-hydrogen) atoms. The average Bonchev–Trinajstić information content (AvgIpc) is 2.42. The maximum Gasteiger partial charge on any atom is 0.242 e. The number of imide groups is 1. The van der Waals surface area contributed by atoms with Gasteiger partial charge in [-0.3, -0.25) is 14.5 Å². The van der Waals surface area contributed by atoms with E-state index in [0.29, 0.717) is 18.2 Å². The van der Waals surface area contributed by atoms with Gasteiger partial charge in [-0.2, -0.15) is 0 Å². The lowest BCUT2D eigenvalue weighted by atomic mass is 10.3. The van der Waals surface area contributed by atoms with Gasteiger partial charge in [-0.15, -0.1) is 11.8 Å². The number of thioether (sulfide) groups is 1. The summed E-state index contributed by atoms with van der Waals surface area (Å²) in [5, 5.41) is 0.325. The molecule has 1 rings (SSSR count). The smallest absolute Gasteiger partial charge is 0.242 e. The van der Waals surface area contributed by atoms with Crippen molar-refractivity contribution in [2.75, 3.05) is 6.54 Å². The molecule has 0 aliphatic carbocycles. The van der Waals surface area contributed by atoms with Gasteiger partial charge in [0.25, 0.3) is 0 Å². The fourth-order valence-electron chi connectivity index (χ4n) is 1.47. The Morgan fingerprint density at radius 2 is 2.14 bits per heavy atom. The Morgan fingerprint density at radius 3 is 2.57 bits per heavy atom. The molecule has 80 valence electrons. The summed E-state index contributed by atoms with van der Waals surface area (Å²) in [4.78, 5) is 24.4. The third kappa shape index (κ3) is 2.29. The van der Waals surface area contributed by atoms with E-state index in [0.717, 1.165) is 6.42 Å². The van der Waals surface area contributed by atoms with Crippen molar-refractivity contribution in [3.8, 4) is 0 Å². The molecule has 3 nitrogen and oxygen atoms in total. The first-order chi connectivity index (χ1) is 6.60. The third-order valence-electron chi connectivity index (χ3n) is 2.49. The van der Waals surface area contributed by atoms with Crippen LogP contribution in [0.1, 0.15) is 33.6 Å². The molecule has 0 spiro atoms. The van der Waals surface area contributed by atoms with Crippen molar-refractivity contribution in [3.63, 3.8) is 0 Å². The Kier molecular flexibility index (Phi) is 3.98. The Balaban J connectivity index is 2.58. The molecule has 0 saturated carbocycles. The number of amides is 2. The van der Waals surface area contributed by atoms with Gasteiger partial charge in [0.05, 0.1) is 5.25 Å². The topological polar surface area (TPSA) is 37.4 Å². The lowest BCUT2D eigenvalue weighted by molar-refractivity contribution is -0.137. The van der Waals surface area contributed by atoms with Gasteiger partial charge in [-0.05, 0) is 13.3 Å². The standard InChI is InChI=1S/C10H17NO2S/c1-4-7(3)14-8-6-9(12)11(5-2)10(8)13/h7-8H,4-6H2,1-3H3. The monoisotopic (exact) mass is 215 g/mol. The summed E-state index contributed by atoms with van der Waals surface area (Å²) in [6, 6.07) is 0. The minimum Gasteiger partial charge on any atom is -0.282 e. The number of hydrogen-bond donors (Lipinski definition) is 0. The van der Waals surface area contributed by atoms with E-state index in [4.69, 9.17) is 0 Å². The normalized spacial score (nSPS) is 24.5. The molecule has 0 bridgehead atoms. The van der Waals surface area contributed by atoms with Crippen LogP contribution in [-0.2, 0) is 9.59 Å². The second-order valence-corrected chi connectivity index (χ2v) is 5.17. The molecule has 1 aliphatic rings. The number of likely N-dealkylation sites (tertiary alicyclic amines) is 1. The quantitative estimate of drug-likeness (QED) is 0.669. The highest BCUT2D eigenvalue weighted by atomic mass is 32.2. The first-order valence-electron chi connectivity index (χ1n) is 5.09. The van der Waals surface area contributed by atoms with Gasteiger partial charge in [-0.1, -0.05) is 13.8 Å². The van der Waals surface area contributed by atoms with Crippen LogP contribution < -0.4 is 0 Å². The first kappa shape index (κ1) is 11.6. The van der Waals surface area contributed by atoms with E-state index in [2.05, 4.69) is 13.8 Å². The summed E-state index contributed by atoms with van der Waals surface area (Å²) in [6.45, 7) is 6.54. The average molecular weight is 215 g/mol. The molecular formula is C10H17NO2S. The third-order valence-corrected chi connectivity index (χ3v) is 3.99. The second kappa shape index (κ2) is 4.82. The molecular weight excluding hydrogens is 198 g/mol.